The summed E-state index contributed by atoms with van der Waals surface area (Å²) in [5, 5.41) is 2.17. The third-order valence-corrected chi connectivity index (χ3v) is 2.13. The molecule has 0 bridgehead atoms. The molecule has 8 heteroatoms. The minimum atomic E-state index is -5.66. The van der Waals surface area contributed by atoms with Crippen molar-refractivity contribution in [3.63, 3.8) is 0 Å². The van der Waals surface area contributed by atoms with Gasteiger partial charge < -0.3 is 4.74 Å². The first-order chi connectivity index (χ1) is 8.68. The second kappa shape index (κ2) is 5.41. The molecule has 0 aromatic heterocycles. The number of carbonyl (C=O) groups is 1. The summed E-state index contributed by atoms with van der Waals surface area (Å²) in [7, 11) is 0. The van der Waals surface area contributed by atoms with E-state index in [-0.39, 0.29) is 12.3 Å². The maximum absolute atomic E-state index is 12.9. The largest absolute Gasteiger partial charge is 0.458 e. The van der Waals surface area contributed by atoms with Crippen molar-refractivity contribution in [3.05, 3.63) is 29.8 Å². The standard InChI is InChI=1S/C11H10F5NO2/c1-2-19-9(18)17-8-5-3-7(4-6-8)10(12,13)11(14,15)16/h3-6H,2H2,1H3,(H,17,18). The zero-order valence-corrected chi connectivity index (χ0v) is 9.72. The van der Waals surface area contributed by atoms with Gasteiger partial charge in [0.1, 0.15) is 0 Å². The number of carbonyl (C=O) groups excluding carboxylic acids is 1. The molecule has 19 heavy (non-hydrogen) atoms. The molecule has 0 heterocycles. The number of rotatable bonds is 3. The Morgan fingerprint density at radius 3 is 2.11 bits per heavy atom. The molecule has 106 valence electrons. The average Bonchev–Trinajstić information content (AvgIpc) is 2.28. The second-order valence-electron chi connectivity index (χ2n) is 3.49. The molecule has 1 rings (SSSR count). The van der Waals surface area contributed by atoms with Gasteiger partial charge in [0.05, 0.1) is 6.61 Å². The van der Waals surface area contributed by atoms with Crippen LogP contribution in [0.1, 0.15) is 12.5 Å². The second-order valence-corrected chi connectivity index (χ2v) is 3.49. The fourth-order valence-corrected chi connectivity index (χ4v) is 1.21. The van der Waals surface area contributed by atoms with Crippen LogP contribution in [-0.4, -0.2) is 18.9 Å². The maximum atomic E-state index is 12.9. The van der Waals surface area contributed by atoms with Gasteiger partial charge in [-0.25, -0.2) is 4.79 Å². The summed E-state index contributed by atoms with van der Waals surface area (Å²) < 4.78 is 66.7. The van der Waals surface area contributed by atoms with Gasteiger partial charge in [0.2, 0.25) is 0 Å². The van der Waals surface area contributed by atoms with Gasteiger partial charge in [0.15, 0.2) is 0 Å². The molecule has 0 aliphatic carbocycles. The van der Waals surface area contributed by atoms with E-state index in [0.29, 0.717) is 12.1 Å². The number of alkyl halides is 5. The van der Waals surface area contributed by atoms with Gasteiger partial charge in [-0.05, 0) is 19.1 Å². The number of nitrogens with one attached hydrogen (secondary N) is 1. The van der Waals surface area contributed by atoms with Crippen LogP contribution in [0.15, 0.2) is 24.3 Å². The number of halogens is 5. The van der Waals surface area contributed by atoms with Gasteiger partial charge in [-0.1, -0.05) is 12.1 Å². The molecule has 1 N–H and O–H groups in total. The molecule has 0 spiro atoms. The summed E-state index contributed by atoms with van der Waals surface area (Å²) in [6.45, 7) is 1.67. The van der Waals surface area contributed by atoms with Crippen molar-refractivity contribution in [2.75, 3.05) is 11.9 Å². The average molecular weight is 283 g/mol. The molecule has 0 unspecified atom stereocenters. The van der Waals surface area contributed by atoms with Crippen LogP contribution < -0.4 is 5.32 Å². The molecule has 0 saturated heterocycles. The number of benzene rings is 1. The van der Waals surface area contributed by atoms with Crippen molar-refractivity contribution >= 4 is 11.8 Å². The molecule has 0 atom stereocenters. The fourth-order valence-electron chi connectivity index (χ4n) is 1.21. The molecule has 0 aliphatic rings. The van der Waals surface area contributed by atoms with Crippen LogP contribution >= 0.6 is 0 Å². The summed E-state index contributed by atoms with van der Waals surface area (Å²) in [6.07, 6.45) is -6.49. The van der Waals surface area contributed by atoms with Gasteiger partial charge in [0, 0.05) is 11.3 Å². The van der Waals surface area contributed by atoms with Crippen LogP contribution in [0.4, 0.5) is 32.4 Å². The predicted molar refractivity (Wildman–Crippen MR) is 57.0 cm³/mol. The summed E-state index contributed by atoms with van der Waals surface area (Å²) in [5.41, 5.74) is -1.14. The number of ether oxygens (including phenoxy) is 1. The van der Waals surface area contributed by atoms with Crippen molar-refractivity contribution in [3.8, 4) is 0 Å². The number of hydrogen-bond acceptors (Lipinski definition) is 2. The van der Waals surface area contributed by atoms with Crippen LogP contribution in [0, 0.1) is 0 Å². The van der Waals surface area contributed by atoms with Crippen LogP contribution in [0.25, 0.3) is 0 Å². The summed E-state index contributed by atoms with van der Waals surface area (Å²) in [4.78, 5) is 11.0. The molecule has 0 fully saturated rings. The lowest BCUT2D eigenvalue weighted by atomic mass is 10.1. The first kappa shape index (κ1) is 15.2. The Hall–Kier alpha value is -1.86. The lowest BCUT2D eigenvalue weighted by Gasteiger charge is -2.20. The van der Waals surface area contributed by atoms with Crippen molar-refractivity contribution in [2.24, 2.45) is 0 Å². The highest BCUT2D eigenvalue weighted by Gasteiger charge is 2.58. The van der Waals surface area contributed by atoms with E-state index in [9.17, 15) is 26.7 Å². The Morgan fingerprint density at radius 1 is 1.16 bits per heavy atom. The molecule has 1 amide bonds. The van der Waals surface area contributed by atoms with Gasteiger partial charge >= 0.3 is 18.2 Å². The van der Waals surface area contributed by atoms with Crippen molar-refractivity contribution in [1.82, 2.24) is 0 Å². The SMILES string of the molecule is CCOC(=O)Nc1ccc(C(F)(F)C(F)(F)F)cc1. The van der Waals surface area contributed by atoms with E-state index >= 15 is 0 Å². The smallest absolute Gasteiger partial charge is 0.450 e. The Balaban J connectivity index is 2.85. The van der Waals surface area contributed by atoms with Gasteiger partial charge in [-0.3, -0.25) is 5.32 Å². The normalized spacial score (nSPS) is 12.1. The number of anilines is 1. The minimum Gasteiger partial charge on any atom is -0.450 e. The predicted octanol–water partition coefficient (Wildman–Crippen LogP) is 3.91. The van der Waals surface area contributed by atoms with Gasteiger partial charge in [-0.2, -0.15) is 22.0 Å². The Kier molecular flexibility index (Phi) is 4.33. The van der Waals surface area contributed by atoms with E-state index in [0.717, 1.165) is 12.1 Å². The number of amides is 1. The van der Waals surface area contributed by atoms with E-state index < -0.39 is 23.8 Å². The fraction of sp³-hybridized carbons (Fsp3) is 0.364. The lowest BCUT2D eigenvalue weighted by Crippen LogP contribution is -2.33. The Bertz CT molecular complexity index is 441. The molecular weight excluding hydrogens is 273 g/mol. The highest BCUT2D eigenvalue weighted by molar-refractivity contribution is 5.84. The van der Waals surface area contributed by atoms with Crippen LogP contribution in [0.5, 0.6) is 0 Å². The third kappa shape index (κ3) is 3.55. The van der Waals surface area contributed by atoms with E-state index in [1.54, 1.807) is 6.92 Å². The van der Waals surface area contributed by atoms with Gasteiger partial charge in [-0.15, -0.1) is 0 Å². The van der Waals surface area contributed by atoms with Crippen molar-refractivity contribution in [1.29, 1.82) is 0 Å². The first-order valence-corrected chi connectivity index (χ1v) is 5.17. The van der Waals surface area contributed by atoms with Crippen LogP contribution in [0.3, 0.4) is 0 Å². The molecule has 0 saturated carbocycles. The Labute approximate surface area is 105 Å². The highest BCUT2D eigenvalue weighted by atomic mass is 19.4. The van der Waals surface area contributed by atoms with Crippen LogP contribution in [0.2, 0.25) is 0 Å². The van der Waals surface area contributed by atoms with Gasteiger partial charge in [0.25, 0.3) is 0 Å². The van der Waals surface area contributed by atoms with E-state index in [1.807, 2.05) is 0 Å². The highest BCUT2D eigenvalue weighted by Crippen LogP contribution is 2.43. The first-order valence-electron chi connectivity index (χ1n) is 5.17. The topological polar surface area (TPSA) is 38.3 Å². The maximum Gasteiger partial charge on any atom is 0.458 e. The van der Waals surface area contributed by atoms with E-state index in [2.05, 4.69) is 10.1 Å². The monoisotopic (exact) mass is 283 g/mol. The third-order valence-electron chi connectivity index (χ3n) is 2.13. The minimum absolute atomic E-state index is 0.0557. The summed E-state index contributed by atoms with van der Waals surface area (Å²) in [5.74, 6) is -4.94. The van der Waals surface area contributed by atoms with E-state index in [4.69, 9.17) is 0 Å². The summed E-state index contributed by atoms with van der Waals surface area (Å²) >= 11 is 0. The van der Waals surface area contributed by atoms with Crippen molar-refractivity contribution < 1.29 is 31.5 Å². The van der Waals surface area contributed by atoms with E-state index in [1.165, 1.54) is 0 Å². The molecule has 1 aromatic carbocycles. The molecule has 3 nitrogen and oxygen atoms in total. The zero-order valence-electron chi connectivity index (χ0n) is 9.72. The van der Waals surface area contributed by atoms with Crippen LogP contribution in [-0.2, 0) is 10.7 Å². The molecule has 0 radical (unpaired) electrons. The molecule has 1 aromatic rings. The molecular formula is C11H10F5NO2. The molecule has 0 aliphatic heterocycles. The van der Waals surface area contributed by atoms with Crippen molar-refractivity contribution in [2.45, 2.75) is 19.0 Å². The quantitative estimate of drug-likeness (QED) is 0.854. The zero-order chi connectivity index (χ0) is 14.7. The number of hydrogen-bond donors (Lipinski definition) is 1. The summed E-state index contributed by atoms with van der Waals surface area (Å²) in [6, 6.07) is 3.06. The Morgan fingerprint density at radius 2 is 1.68 bits per heavy atom. The lowest BCUT2D eigenvalue weighted by molar-refractivity contribution is -0.289.